The number of benzene rings is 1. The van der Waals surface area contributed by atoms with Crippen LogP contribution in [0.4, 0.5) is 13.2 Å². The highest BCUT2D eigenvalue weighted by atomic mass is 35.5. The van der Waals surface area contributed by atoms with E-state index >= 15 is 0 Å². The van der Waals surface area contributed by atoms with E-state index in [-0.39, 0.29) is 21.8 Å². The molecule has 0 aliphatic rings. The molecule has 0 atom stereocenters. The Morgan fingerprint density at radius 1 is 1.10 bits per heavy atom. The molecule has 2 rings (SSSR count). The number of hydrogen-bond donors (Lipinski definition) is 0. The van der Waals surface area contributed by atoms with Gasteiger partial charge in [0.1, 0.15) is 10.9 Å². The first-order valence-electron chi connectivity index (χ1n) is 5.31. The van der Waals surface area contributed by atoms with Crippen molar-refractivity contribution in [1.82, 2.24) is 9.97 Å². The summed E-state index contributed by atoms with van der Waals surface area (Å²) < 4.78 is 42.9. The average Bonchev–Trinajstić information content (AvgIpc) is 2.31. The number of ether oxygens (including phenoxy) is 1. The van der Waals surface area contributed by atoms with E-state index in [9.17, 15) is 13.2 Å². The lowest BCUT2D eigenvalue weighted by Crippen LogP contribution is -2.11. The predicted molar refractivity (Wildman–Crippen MR) is 68.3 cm³/mol. The molecule has 8 heteroatoms. The van der Waals surface area contributed by atoms with Crippen molar-refractivity contribution < 1.29 is 17.9 Å². The molecule has 0 aliphatic carbocycles. The number of halogens is 5. The molecule has 0 bridgehead atoms. The summed E-state index contributed by atoms with van der Waals surface area (Å²) in [4.78, 5) is 6.36. The van der Waals surface area contributed by atoms with Crippen LogP contribution in [0.3, 0.4) is 0 Å². The highest BCUT2D eigenvalue weighted by molar-refractivity contribution is 6.32. The Balaban J connectivity index is 2.36. The summed E-state index contributed by atoms with van der Waals surface area (Å²) in [6.07, 6.45) is -4.71. The van der Waals surface area contributed by atoms with Crippen LogP contribution in [0.25, 0.3) is 0 Å². The zero-order valence-electron chi connectivity index (χ0n) is 10.0. The average molecular weight is 323 g/mol. The maximum Gasteiger partial charge on any atom is 0.451 e. The second-order valence-electron chi connectivity index (χ2n) is 3.89. The predicted octanol–water partition coefficient (Wildman–Crippen LogP) is 4.90. The smallest absolute Gasteiger partial charge is 0.437 e. The number of nitrogens with zero attached hydrogens (tertiary/aromatic N) is 2. The molecule has 0 aliphatic heterocycles. The lowest BCUT2D eigenvalue weighted by Gasteiger charge is -2.10. The van der Waals surface area contributed by atoms with Gasteiger partial charge in [0.15, 0.2) is 0 Å². The molecule has 0 saturated carbocycles. The van der Waals surface area contributed by atoms with Crippen molar-refractivity contribution in [2.45, 2.75) is 13.1 Å². The Labute approximate surface area is 122 Å². The highest BCUT2D eigenvalue weighted by Gasteiger charge is 2.35. The van der Waals surface area contributed by atoms with Gasteiger partial charge >= 0.3 is 6.18 Å². The van der Waals surface area contributed by atoms with Gasteiger partial charge in [-0.25, -0.2) is 4.98 Å². The highest BCUT2D eigenvalue weighted by Crippen LogP contribution is 2.32. The first kappa shape index (κ1) is 14.9. The van der Waals surface area contributed by atoms with Crippen LogP contribution in [0.15, 0.2) is 24.3 Å². The van der Waals surface area contributed by atoms with E-state index in [1.807, 2.05) is 6.92 Å². The zero-order valence-corrected chi connectivity index (χ0v) is 11.5. The molecule has 1 heterocycles. The summed E-state index contributed by atoms with van der Waals surface area (Å²) in [5.74, 6) is -1.52. The summed E-state index contributed by atoms with van der Waals surface area (Å²) >= 11 is 11.4. The minimum atomic E-state index is -4.71. The van der Waals surface area contributed by atoms with E-state index in [0.29, 0.717) is 0 Å². The van der Waals surface area contributed by atoms with Gasteiger partial charge in [0.2, 0.25) is 11.7 Å². The summed E-state index contributed by atoms with van der Waals surface area (Å²) in [5.41, 5.74) is 0.888. The summed E-state index contributed by atoms with van der Waals surface area (Å²) in [6, 6.07) is 5.92. The topological polar surface area (TPSA) is 35.0 Å². The van der Waals surface area contributed by atoms with Crippen LogP contribution in [0, 0.1) is 6.92 Å². The van der Waals surface area contributed by atoms with E-state index < -0.39 is 12.0 Å². The van der Waals surface area contributed by atoms with Crippen molar-refractivity contribution in [2.75, 3.05) is 0 Å². The minimum absolute atomic E-state index is 0.181. The van der Waals surface area contributed by atoms with Crippen LogP contribution >= 0.6 is 23.2 Å². The fourth-order valence-corrected chi connectivity index (χ4v) is 1.82. The Kier molecular flexibility index (Phi) is 4.06. The molecule has 0 amide bonds. The molecule has 0 fully saturated rings. The molecular formula is C12H7Cl2F3N2O. The van der Waals surface area contributed by atoms with Crippen LogP contribution < -0.4 is 4.74 Å². The number of aromatic nitrogens is 2. The number of alkyl halides is 3. The van der Waals surface area contributed by atoms with Crippen LogP contribution in [-0.4, -0.2) is 9.97 Å². The summed E-state index contributed by atoms with van der Waals surface area (Å²) in [6.45, 7) is 1.82. The molecule has 2 aromatic rings. The van der Waals surface area contributed by atoms with Crippen molar-refractivity contribution >= 4 is 23.2 Å². The standard InChI is InChI=1S/C12H7Cl2F3N2O/c1-6-2-3-8(7(13)4-6)20-10-5-9(14)18-11(19-10)12(15,16)17/h2-5H,1H3. The second kappa shape index (κ2) is 5.46. The van der Waals surface area contributed by atoms with Crippen LogP contribution in [-0.2, 0) is 6.18 Å². The Morgan fingerprint density at radius 2 is 1.80 bits per heavy atom. The lowest BCUT2D eigenvalue weighted by molar-refractivity contribution is -0.145. The molecule has 0 saturated heterocycles. The second-order valence-corrected chi connectivity index (χ2v) is 4.68. The largest absolute Gasteiger partial charge is 0.451 e. The Hall–Kier alpha value is -1.53. The third kappa shape index (κ3) is 3.52. The van der Waals surface area contributed by atoms with Gasteiger partial charge in [-0.2, -0.15) is 18.2 Å². The zero-order chi connectivity index (χ0) is 14.9. The SMILES string of the molecule is Cc1ccc(Oc2cc(Cl)nc(C(F)(F)F)n2)c(Cl)c1. The van der Waals surface area contributed by atoms with Crippen molar-refractivity contribution in [3.63, 3.8) is 0 Å². The van der Waals surface area contributed by atoms with Gasteiger partial charge in [-0.05, 0) is 24.6 Å². The van der Waals surface area contributed by atoms with E-state index in [1.54, 1.807) is 12.1 Å². The summed E-state index contributed by atoms with van der Waals surface area (Å²) in [5, 5.41) is -0.112. The lowest BCUT2D eigenvalue weighted by atomic mass is 10.2. The minimum Gasteiger partial charge on any atom is -0.437 e. The van der Waals surface area contributed by atoms with Gasteiger partial charge in [-0.3, -0.25) is 0 Å². The molecule has 3 nitrogen and oxygen atoms in total. The van der Waals surface area contributed by atoms with Gasteiger partial charge in [-0.15, -0.1) is 0 Å². The molecule has 1 aromatic carbocycles. The van der Waals surface area contributed by atoms with Crippen molar-refractivity contribution in [2.24, 2.45) is 0 Å². The molecule has 0 unspecified atom stereocenters. The number of rotatable bonds is 2. The van der Waals surface area contributed by atoms with E-state index in [2.05, 4.69) is 9.97 Å². The molecule has 0 spiro atoms. The third-order valence-electron chi connectivity index (χ3n) is 2.23. The van der Waals surface area contributed by atoms with Crippen molar-refractivity contribution in [1.29, 1.82) is 0 Å². The first-order valence-corrected chi connectivity index (χ1v) is 6.07. The molecule has 1 aromatic heterocycles. The van der Waals surface area contributed by atoms with Gasteiger partial charge in [0.25, 0.3) is 0 Å². The fraction of sp³-hybridized carbons (Fsp3) is 0.167. The Bertz CT molecular complexity index is 647. The fourth-order valence-electron chi connectivity index (χ4n) is 1.38. The van der Waals surface area contributed by atoms with Gasteiger partial charge in [0, 0.05) is 6.07 Å². The molecule has 0 radical (unpaired) electrons. The van der Waals surface area contributed by atoms with Crippen LogP contribution in [0.5, 0.6) is 11.6 Å². The monoisotopic (exact) mass is 322 g/mol. The normalized spacial score (nSPS) is 11.5. The van der Waals surface area contributed by atoms with E-state index in [1.165, 1.54) is 6.07 Å². The first-order chi connectivity index (χ1) is 9.25. The molecular weight excluding hydrogens is 316 g/mol. The van der Waals surface area contributed by atoms with Crippen molar-refractivity contribution in [3.8, 4) is 11.6 Å². The number of aryl methyl sites for hydroxylation is 1. The Morgan fingerprint density at radius 3 is 2.40 bits per heavy atom. The molecule has 20 heavy (non-hydrogen) atoms. The molecule has 0 N–H and O–H groups in total. The van der Waals surface area contributed by atoms with Crippen molar-refractivity contribution in [3.05, 3.63) is 45.8 Å². The third-order valence-corrected chi connectivity index (χ3v) is 2.72. The quantitative estimate of drug-likeness (QED) is 0.737. The van der Waals surface area contributed by atoms with E-state index in [4.69, 9.17) is 27.9 Å². The maximum atomic E-state index is 12.6. The van der Waals surface area contributed by atoms with E-state index in [0.717, 1.165) is 11.6 Å². The maximum absolute atomic E-state index is 12.6. The number of hydrogen-bond acceptors (Lipinski definition) is 3. The van der Waals surface area contributed by atoms with Crippen LogP contribution in [0.1, 0.15) is 11.4 Å². The van der Waals surface area contributed by atoms with Gasteiger partial charge < -0.3 is 4.74 Å². The van der Waals surface area contributed by atoms with Gasteiger partial charge in [-0.1, -0.05) is 29.3 Å². The van der Waals surface area contributed by atoms with Gasteiger partial charge in [0.05, 0.1) is 5.02 Å². The molecule has 106 valence electrons. The van der Waals surface area contributed by atoms with Crippen LogP contribution in [0.2, 0.25) is 10.2 Å². The summed E-state index contributed by atoms with van der Waals surface area (Å²) in [7, 11) is 0.